The number of hydrogen-bond acceptors (Lipinski definition) is 0. The maximum atomic E-state index is 2.43. The van der Waals surface area contributed by atoms with Crippen molar-refractivity contribution in [2.45, 2.75) is 0 Å². The molecule has 0 aliphatic carbocycles. The van der Waals surface area contributed by atoms with Gasteiger partial charge in [-0.3, -0.25) is 0 Å². The second kappa shape index (κ2) is 9.03. The van der Waals surface area contributed by atoms with Crippen molar-refractivity contribution >= 4 is 64.6 Å². The Morgan fingerprint density at radius 3 is 1.31 bits per heavy atom. The van der Waals surface area contributed by atoms with Crippen molar-refractivity contribution in [1.82, 2.24) is 0 Å². The molecular weight excluding hydrogens is 504 g/mol. The normalized spacial score (nSPS) is 11.8. The van der Waals surface area contributed by atoms with Gasteiger partial charge in [-0.1, -0.05) is 140 Å². The highest BCUT2D eigenvalue weighted by Gasteiger charge is 2.19. The molecule has 0 radical (unpaired) electrons. The van der Waals surface area contributed by atoms with E-state index in [0.29, 0.717) is 0 Å². The maximum absolute atomic E-state index is 2.43. The van der Waals surface area contributed by atoms with Gasteiger partial charge < -0.3 is 0 Å². The Labute approximate surface area is 244 Å². The molecule has 0 N–H and O–H groups in total. The van der Waals surface area contributed by atoms with Crippen LogP contribution < -0.4 is 0 Å². The van der Waals surface area contributed by atoms with Gasteiger partial charge >= 0.3 is 0 Å². The smallest absolute Gasteiger partial charge is 0.00199 e. The van der Waals surface area contributed by atoms with Crippen molar-refractivity contribution in [3.63, 3.8) is 0 Å². The molecule has 0 nitrogen and oxygen atoms in total. The second-order valence-corrected chi connectivity index (χ2v) is 11.3. The molecule has 0 aromatic heterocycles. The lowest BCUT2D eigenvalue weighted by Crippen LogP contribution is -1.93. The highest BCUT2D eigenvalue weighted by atomic mass is 14.2. The topological polar surface area (TPSA) is 0 Å². The zero-order chi connectivity index (χ0) is 27.6. The van der Waals surface area contributed by atoms with Gasteiger partial charge in [0.25, 0.3) is 0 Å². The van der Waals surface area contributed by atoms with Crippen LogP contribution in [-0.4, -0.2) is 0 Å². The van der Waals surface area contributed by atoms with E-state index < -0.39 is 0 Å². The summed E-state index contributed by atoms with van der Waals surface area (Å²) < 4.78 is 0. The first-order valence-corrected chi connectivity index (χ1v) is 14.6. The highest BCUT2D eigenvalue weighted by molar-refractivity contribution is 6.27. The summed E-state index contributed by atoms with van der Waals surface area (Å²) in [7, 11) is 0. The first-order valence-electron chi connectivity index (χ1n) is 14.6. The van der Waals surface area contributed by atoms with E-state index in [1.807, 2.05) is 0 Å². The maximum Gasteiger partial charge on any atom is -0.00199 e. The molecule has 42 heavy (non-hydrogen) atoms. The standard InChI is InChI=1S/C42H26/c1-2-14-29-25-39-30(24-28(29)13-1)26-40(33-18-6-5-17-32(33)39)42-37-21-9-7-19-35(37)41(36-20-8-10-22-38(36)42)34-23-11-15-27-12-3-4-16-31(27)34/h1-26H. The Bertz CT molecular complexity index is 2450. The van der Waals surface area contributed by atoms with Gasteiger partial charge in [0.1, 0.15) is 0 Å². The molecule has 9 rings (SSSR count). The molecule has 0 atom stereocenters. The Balaban J connectivity index is 1.47. The summed E-state index contributed by atoms with van der Waals surface area (Å²) in [4.78, 5) is 0. The van der Waals surface area contributed by atoms with Crippen LogP contribution in [0.2, 0.25) is 0 Å². The van der Waals surface area contributed by atoms with Gasteiger partial charge in [-0.2, -0.15) is 0 Å². The molecule has 0 fully saturated rings. The van der Waals surface area contributed by atoms with E-state index in [2.05, 4.69) is 158 Å². The molecule has 0 aliphatic heterocycles. The summed E-state index contributed by atoms with van der Waals surface area (Å²) in [6.07, 6.45) is 0. The molecule has 0 heteroatoms. The van der Waals surface area contributed by atoms with E-state index in [0.717, 1.165) is 0 Å². The highest BCUT2D eigenvalue weighted by Crippen LogP contribution is 2.47. The lowest BCUT2D eigenvalue weighted by atomic mass is 9.83. The summed E-state index contributed by atoms with van der Waals surface area (Å²) in [5, 5.41) is 15.4. The fraction of sp³-hybridized carbons (Fsp3) is 0. The van der Waals surface area contributed by atoms with E-state index in [1.165, 1.54) is 86.9 Å². The molecule has 0 saturated heterocycles. The quantitative estimate of drug-likeness (QED) is 0.154. The van der Waals surface area contributed by atoms with Crippen molar-refractivity contribution in [1.29, 1.82) is 0 Å². The molecule has 9 aromatic carbocycles. The minimum atomic E-state index is 1.26. The van der Waals surface area contributed by atoms with Crippen LogP contribution in [0.25, 0.3) is 86.9 Å². The van der Waals surface area contributed by atoms with Crippen LogP contribution in [0.4, 0.5) is 0 Å². The third kappa shape index (κ3) is 3.36. The molecule has 0 saturated carbocycles. The van der Waals surface area contributed by atoms with E-state index in [9.17, 15) is 0 Å². The van der Waals surface area contributed by atoms with E-state index in [-0.39, 0.29) is 0 Å². The van der Waals surface area contributed by atoms with Crippen LogP contribution in [0.5, 0.6) is 0 Å². The van der Waals surface area contributed by atoms with Crippen molar-refractivity contribution < 1.29 is 0 Å². The van der Waals surface area contributed by atoms with Gasteiger partial charge in [0.2, 0.25) is 0 Å². The van der Waals surface area contributed by atoms with Gasteiger partial charge in [-0.05, 0) is 105 Å². The van der Waals surface area contributed by atoms with Crippen molar-refractivity contribution in [2.24, 2.45) is 0 Å². The Morgan fingerprint density at radius 2 is 0.667 bits per heavy atom. The predicted octanol–water partition coefficient (Wildman–Crippen LogP) is 11.9. The van der Waals surface area contributed by atoms with E-state index in [4.69, 9.17) is 0 Å². The van der Waals surface area contributed by atoms with Gasteiger partial charge in [-0.15, -0.1) is 0 Å². The average molecular weight is 531 g/mol. The summed E-state index contributed by atoms with van der Waals surface area (Å²) >= 11 is 0. The minimum Gasteiger partial charge on any atom is -0.0616 e. The first-order chi connectivity index (χ1) is 20.8. The number of benzene rings is 9. The zero-order valence-electron chi connectivity index (χ0n) is 23.0. The van der Waals surface area contributed by atoms with Gasteiger partial charge in [0, 0.05) is 0 Å². The molecule has 0 aliphatic rings. The van der Waals surface area contributed by atoms with Crippen LogP contribution in [0.1, 0.15) is 0 Å². The van der Waals surface area contributed by atoms with Crippen LogP contribution in [0, 0.1) is 0 Å². The van der Waals surface area contributed by atoms with Crippen molar-refractivity contribution in [3.05, 3.63) is 158 Å². The molecule has 9 aromatic rings. The third-order valence-corrected chi connectivity index (χ3v) is 8.98. The largest absolute Gasteiger partial charge is 0.0616 e. The van der Waals surface area contributed by atoms with Gasteiger partial charge in [0.15, 0.2) is 0 Å². The molecule has 194 valence electrons. The van der Waals surface area contributed by atoms with Gasteiger partial charge in [0.05, 0.1) is 0 Å². The Hall–Kier alpha value is -5.46. The van der Waals surface area contributed by atoms with Crippen molar-refractivity contribution in [3.8, 4) is 22.3 Å². The predicted molar refractivity (Wildman–Crippen MR) is 182 cm³/mol. The lowest BCUT2D eigenvalue weighted by Gasteiger charge is -2.20. The van der Waals surface area contributed by atoms with E-state index in [1.54, 1.807) is 0 Å². The molecular formula is C42H26. The fourth-order valence-electron chi connectivity index (χ4n) is 7.16. The van der Waals surface area contributed by atoms with Crippen LogP contribution >= 0.6 is 0 Å². The summed E-state index contributed by atoms with van der Waals surface area (Å²) in [5.74, 6) is 0. The lowest BCUT2D eigenvalue weighted by molar-refractivity contribution is 1.69. The first kappa shape index (κ1) is 23.3. The fourth-order valence-corrected chi connectivity index (χ4v) is 7.16. The van der Waals surface area contributed by atoms with E-state index >= 15 is 0 Å². The SMILES string of the molecule is c1ccc2cc3c(cc(-c4c5ccccc5c(-c5cccc6ccccc56)c5ccccc45)c4ccccc43)cc2c1. The minimum absolute atomic E-state index is 1.26. The van der Waals surface area contributed by atoms with Crippen LogP contribution in [-0.2, 0) is 0 Å². The van der Waals surface area contributed by atoms with Crippen LogP contribution in [0.3, 0.4) is 0 Å². The molecule has 0 bridgehead atoms. The number of rotatable bonds is 2. The summed E-state index contributed by atoms with van der Waals surface area (Å²) in [6.45, 7) is 0. The monoisotopic (exact) mass is 530 g/mol. The molecule has 0 unspecified atom stereocenters. The Kier molecular flexibility index (Phi) is 5.00. The number of fused-ring (bicyclic) bond motifs is 7. The van der Waals surface area contributed by atoms with Crippen molar-refractivity contribution in [2.75, 3.05) is 0 Å². The average Bonchev–Trinajstić information content (AvgIpc) is 3.06. The number of hydrogen-bond donors (Lipinski definition) is 0. The molecule has 0 heterocycles. The van der Waals surface area contributed by atoms with Gasteiger partial charge in [-0.25, -0.2) is 0 Å². The Morgan fingerprint density at radius 1 is 0.214 bits per heavy atom. The second-order valence-electron chi connectivity index (χ2n) is 11.3. The summed E-state index contributed by atoms with van der Waals surface area (Å²) in [6, 6.07) is 58.1. The summed E-state index contributed by atoms with van der Waals surface area (Å²) in [5.41, 5.74) is 5.17. The molecule has 0 amide bonds. The molecule has 0 spiro atoms. The van der Waals surface area contributed by atoms with Crippen LogP contribution in [0.15, 0.2) is 158 Å². The third-order valence-electron chi connectivity index (χ3n) is 8.98. The zero-order valence-corrected chi connectivity index (χ0v) is 23.0.